The van der Waals surface area contributed by atoms with Gasteiger partial charge in [-0.15, -0.1) is 0 Å². The minimum atomic E-state index is 0.611. The van der Waals surface area contributed by atoms with Crippen LogP contribution in [0.25, 0.3) is 0 Å². The van der Waals surface area contributed by atoms with E-state index < -0.39 is 0 Å². The van der Waals surface area contributed by atoms with Crippen LogP contribution in [0.2, 0.25) is 0 Å². The predicted molar refractivity (Wildman–Crippen MR) is 88.7 cm³/mol. The molecule has 108 valence electrons. The minimum absolute atomic E-state index is 0.611. The average Bonchev–Trinajstić information content (AvgIpc) is 2.52. The lowest BCUT2D eigenvalue weighted by atomic mass is 10.2. The lowest BCUT2D eigenvalue weighted by molar-refractivity contribution is 0.112. The summed E-state index contributed by atoms with van der Waals surface area (Å²) in [6.45, 7) is 8.00. The van der Waals surface area contributed by atoms with E-state index in [1.165, 1.54) is 0 Å². The molecule has 0 bridgehead atoms. The molecule has 0 radical (unpaired) electrons. The van der Waals surface area contributed by atoms with Gasteiger partial charge in [0.05, 0.1) is 0 Å². The Morgan fingerprint density at radius 1 is 0.900 bits per heavy atom. The highest BCUT2D eigenvalue weighted by Crippen LogP contribution is 2.26. The Hall–Kier alpha value is -1.61. The number of hydrogen-bond donors (Lipinski definition) is 0. The summed E-state index contributed by atoms with van der Waals surface area (Å²) in [5.41, 5.74) is 0.611. The van der Waals surface area contributed by atoms with Crippen LogP contribution >= 0.6 is 15.9 Å². The van der Waals surface area contributed by atoms with E-state index in [1.54, 1.807) is 18.2 Å². The van der Waals surface area contributed by atoms with E-state index in [1.807, 2.05) is 58.0 Å². The van der Waals surface area contributed by atoms with E-state index in [2.05, 4.69) is 15.9 Å². The van der Waals surface area contributed by atoms with Crippen molar-refractivity contribution in [2.45, 2.75) is 27.7 Å². The van der Waals surface area contributed by atoms with Crippen LogP contribution in [0, 0.1) is 0 Å². The van der Waals surface area contributed by atoms with Crippen LogP contribution in [0.4, 0.5) is 0 Å². The summed E-state index contributed by atoms with van der Waals surface area (Å²) in [7, 11) is 0. The second kappa shape index (κ2) is 11.2. The third-order valence-electron chi connectivity index (χ3n) is 2.08. The van der Waals surface area contributed by atoms with Crippen LogP contribution < -0.4 is 4.74 Å². The van der Waals surface area contributed by atoms with Crippen molar-refractivity contribution < 1.29 is 9.53 Å². The Morgan fingerprint density at radius 3 is 2.00 bits per heavy atom. The molecule has 0 aromatic heterocycles. The number of aldehydes is 1. The molecule has 0 heterocycles. The van der Waals surface area contributed by atoms with Gasteiger partial charge in [0, 0.05) is 10.0 Å². The van der Waals surface area contributed by atoms with Crippen molar-refractivity contribution in [1.82, 2.24) is 0 Å². The second-order valence-corrected chi connectivity index (χ2v) is 4.07. The minimum Gasteiger partial charge on any atom is -0.457 e. The van der Waals surface area contributed by atoms with E-state index in [0.717, 1.165) is 16.5 Å². The Morgan fingerprint density at radius 2 is 1.50 bits per heavy atom. The zero-order chi connectivity index (χ0) is 15.4. The smallest absolute Gasteiger partial charge is 0.151 e. The monoisotopic (exact) mass is 336 g/mol. The number of ether oxygens (including phenoxy) is 1. The largest absolute Gasteiger partial charge is 0.457 e. The first-order valence-electron chi connectivity index (χ1n) is 6.77. The Labute approximate surface area is 129 Å². The van der Waals surface area contributed by atoms with Crippen molar-refractivity contribution in [1.29, 1.82) is 0 Å². The second-order valence-electron chi connectivity index (χ2n) is 3.22. The highest BCUT2D eigenvalue weighted by Gasteiger charge is 2.01. The molecule has 0 aliphatic rings. The van der Waals surface area contributed by atoms with Crippen molar-refractivity contribution in [3.63, 3.8) is 0 Å². The fourth-order valence-electron chi connectivity index (χ4n) is 1.29. The molecule has 0 aliphatic carbocycles. The van der Waals surface area contributed by atoms with Crippen LogP contribution in [0.15, 0.2) is 53.0 Å². The van der Waals surface area contributed by atoms with Crippen molar-refractivity contribution in [3.8, 4) is 11.5 Å². The number of para-hydroxylation sites is 1. The fraction of sp³-hybridized carbons (Fsp3) is 0.235. The summed E-state index contributed by atoms with van der Waals surface area (Å²) >= 11 is 3.31. The van der Waals surface area contributed by atoms with Gasteiger partial charge < -0.3 is 4.74 Å². The van der Waals surface area contributed by atoms with Crippen molar-refractivity contribution in [3.05, 3.63) is 58.6 Å². The first-order valence-corrected chi connectivity index (χ1v) is 7.56. The fourth-order valence-corrected chi connectivity index (χ4v) is 1.74. The lowest BCUT2D eigenvalue weighted by Crippen LogP contribution is -1.86. The molecule has 2 nitrogen and oxygen atoms in total. The van der Waals surface area contributed by atoms with Gasteiger partial charge in [-0.1, -0.05) is 45.9 Å². The van der Waals surface area contributed by atoms with Gasteiger partial charge in [0.25, 0.3) is 0 Å². The van der Waals surface area contributed by atoms with Gasteiger partial charge >= 0.3 is 0 Å². The van der Waals surface area contributed by atoms with Gasteiger partial charge in [0.1, 0.15) is 11.5 Å². The number of halogens is 1. The maximum absolute atomic E-state index is 10.6. The first-order chi connectivity index (χ1) is 9.79. The van der Waals surface area contributed by atoms with Crippen molar-refractivity contribution in [2.75, 3.05) is 0 Å². The summed E-state index contributed by atoms with van der Waals surface area (Å²) in [5, 5.41) is 0. The number of carbonyl (C=O) groups excluding carboxylic acids is 1. The van der Waals surface area contributed by atoms with Crippen molar-refractivity contribution in [2.24, 2.45) is 0 Å². The third-order valence-corrected chi connectivity index (χ3v) is 2.76. The van der Waals surface area contributed by atoms with Crippen LogP contribution in [0.5, 0.6) is 11.5 Å². The van der Waals surface area contributed by atoms with E-state index in [0.29, 0.717) is 11.3 Å². The zero-order valence-corrected chi connectivity index (χ0v) is 14.0. The molecule has 0 saturated heterocycles. The van der Waals surface area contributed by atoms with Gasteiger partial charge in [-0.25, -0.2) is 0 Å². The quantitative estimate of drug-likeness (QED) is 0.632. The molecule has 0 saturated carbocycles. The van der Waals surface area contributed by atoms with Crippen LogP contribution in [0.3, 0.4) is 0 Å². The van der Waals surface area contributed by atoms with E-state index in [-0.39, 0.29) is 0 Å². The molecule has 2 rings (SSSR count). The number of hydrogen-bond acceptors (Lipinski definition) is 2. The maximum Gasteiger partial charge on any atom is 0.151 e. The molecule has 20 heavy (non-hydrogen) atoms. The number of benzene rings is 2. The summed E-state index contributed by atoms with van der Waals surface area (Å²) < 4.78 is 6.35. The molecule has 2 aromatic carbocycles. The Kier molecular flexibility index (Phi) is 10.3. The molecule has 0 amide bonds. The van der Waals surface area contributed by atoms with E-state index in [4.69, 9.17) is 4.74 Å². The summed E-state index contributed by atoms with van der Waals surface area (Å²) in [6.07, 6.45) is 0.802. The summed E-state index contributed by atoms with van der Waals surface area (Å²) in [4.78, 5) is 10.6. The SMILES string of the molecule is CC.CC.O=Cc1ccc(Oc2ccccc2)cc1Br. The normalized spacial score (nSPS) is 8.45. The standard InChI is InChI=1S/C13H9BrO2.2C2H6/c14-13-8-12(7-6-10(13)9-15)16-11-4-2-1-3-5-11;2*1-2/h1-9H;2*1-2H3. The molecule has 0 unspecified atom stereocenters. The topological polar surface area (TPSA) is 26.3 Å². The molecule has 0 N–H and O–H groups in total. The molecule has 0 atom stereocenters. The average molecular weight is 337 g/mol. The highest BCUT2D eigenvalue weighted by atomic mass is 79.9. The van der Waals surface area contributed by atoms with E-state index in [9.17, 15) is 4.79 Å². The summed E-state index contributed by atoms with van der Waals surface area (Å²) in [5.74, 6) is 1.47. The summed E-state index contributed by atoms with van der Waals surface area (Å²) in [6, 6.07) is 14.8. The molecule has 0 fully saturated rings. The zero-order valence-electron chi connectivity index (χ0n) is 12.4. The van der Waals surface area contributed by atoms with Gasteiger partial charge in [-0.05, 0) is 46.3 Å². The number of rotatable bonds is 3. The van der Waals surface area contributed by atoms with Gasteiger partial charge in [0.2, 0.25) is 0 Å². The highest BCUT2D eigenvalue weighted by molar-refractivity contribution is 9.10. The first kappa shape index (κ1) is 18.4. The Balaban J connectivity index is 0.000000829. The van der Waals surface area contributed by atoms with Gasteiger partial charge in [0.15, 0.2) is 6.29 Å². The molecule has 2 aromatic rings. The van der Waals surface area contributed by atoms with Gasteiger partial charge in [-0.2, -0.15) is 0 Å². The maximum atomic E-state index is 10.6. The Bertz CT molecular complexity index is 496. The molecule has 0 aliphatic heterocycles. The van der Waals surface area contributed by atoms with Crippen LogP contribution in [-0.4, -0.2) is 6.29 Å². The molecular weight excluding hydrogens is 316 g/mol. The van der Waals surface area contributed by atoms with E-state index >= 15 is 0 Å². The molecule has 0 spiro atoms. The predicted octanol–water partition coefficient (Wildman–Crippen LogP) is 6.11. The van der Waals surface area contributed by atoms with Gasteiger partial charge in [-0.3, -0.25) is 4.79 Å². The number of carbonyl (C=O) groups is 1. The van der Waals surface area contributed by atoms with Crippen molar-refractivity contribution >= 4 is 22.2 Å². The molecule has 3 heteroatoms. The lowest BCUT2D eigenvalue weighted by Gasteiger charge is -2.06. The molecular formula is C17H21BrO2. The van der Waals surface area contributed by atoms with Crippen LogP contribution in [-0.2, 0) is 0 Å². The third kappa shape index (κ3) is 6.02. The van der Waals surface area contributed by atoms with Crippen LogP contribution in [0.1, 0.15) is 38.1 Å².